The van der Waals surface area contributed by atoms with Crippen LogP contribution in [0.2, 0.25) is 0 Å². The Labute approximate surface area is 180 Å². The van der Waals surface area contributed by atoms with Crippen molar-refractivity contribution in [3.63, 3.8) is 0 Å². The van der Waals surface area contributed by atoms with Crippen LogP contribution in [0, 0.1) is 10.1 Å². The van der Waals surface area contributed by atoms with Crippen molar-refractivity contribution in [1.29, 1.82) is 0 Å². The monoisotopic (exact) mass is 435 g/mol. The van der Waals surface area contributed by atoms with Gasteiger partial charge < -0.3 is 4.74 Å². The van der Waals surface area contributed by atoms with Crippen LogP contribution < -0.4 is 14.9 Å². The summed E-state index contributed by atoms with van der Waals surface area (Å²) in [5, 5.41) is 11.1. The normalized spacial score (nSPS) is 15.9. The topological polar surface area (TPSA) is 104 Å². The number of benzene rings is 2. The lowest BCUT2D eigenvalue weighted by molar-refractivity contribution is -0.384. The number of thiazole rings is 1. The number of ether oxygens (including phenoxy) is 1. The maximum Gasteiger partial charge on any atom is 0.338 e. The van der Waals surface area contributed by atoms with E-state index in [4.69, 9.17) is 4.74 Å². The van der Waals surface area contributed by atoms with Crippen LogP contribution in [0.4, 0.5) is 5.69 Å². The van der Waals surface area contributed by atoms with Crippen molar-refractivity contribution in [3.05, 3.63) is 107 Å². The largest absolute Gasteiger partial charge is 0.466 e. The molecule has 0 aliphatic carbocycles. The number of hydrogen-bond acceptors (Lipinski definition) is 7. The van der Waals surface area contributed by atoms with Crippen LogP contribution in [0.5, 0.6) is 0 Å². The second-order valence-corrected chi connectivity index (χ2v) is 7.85. The first-order valence-electron chi connectivity index (χ1n) is 9.31. The fourth-order valence-electron chi connectivity index (χ4n) is 3.52. The van der Waals surface area contributed by atoms with Crippen molar-refractivity contribution in [2.75, 3.05) is 7.11 Å². The van der Waals surface area contributed by atoms with E-state index >= 15 is 0 Å². The molecule has 0 fully saturated rings. The van der Waals surface area contributed by atoms with Gasteiger partial charge >= 0.3 is 5.97 Å². The highest BCUT2D eigenvalue weighted by Gasteiger charge is 2.32. The molecule has 2 aromatic carbocycles. The molecule has 0 saturated heterocycles. The van der Waals surface area contributed by atoms with E-state index in [1.807, 2.05) is 30.3 Å². The molecule has 3 aromatic rings. The Balaban J connectivity index is 1.95. The lowest BCUT2D eigenvalue weighted by atomic mass is 9.96. The molecule has 31 heavy (non-hydrogen) atoms. The number of hydrogen-bond donors (Lipinski definition) is 0. The zero-order valence-electron chi connectivity index (χ0n) is 16.6. The van der Waals surface area contributed by atoms with Crippen LogP contribution in [-0.4, -0.2) is 22.6 Å². The fraction of sp³-hybridized carbons (Fsp3) is 0.136. The van der Waals surface area contributed by atoms with Gasteiger partial charge in [0.15, 0.2) is 4.80 Å². The highest BCUT2D eigenvalue weighted by molar-refractivity contribution is 7.07. The van der Waals surface area contributed by atoms with Crippen molar-refractivity contribution in [2.45, 2.75) is 13.0 Å². The molecule has 0 saturated carbocycles. The number of aromatic nitrogens is 1. The van der Waals surface area contributed by atoms with E-state index in [0.717, 1.165) is 5.56 Å². The number of nitro groups is 1. The van der Waals surface area contributed by atoms with Gasteiger partial charge in [0.25, 0.3) is 11.2 Å². The summed E-state index contributed by atoms with van der Waals surface area (Å²) in [5.74, 6) is -0.553. The van der Waals surface area contributed by atoms with Crippen molar-refractivity contribution < 1.29 is 14.5 Å². The Morgan fingerprint density at radius 1 is 1.23 bits per heavy atom. The highest BCUT2D eigenvalue weighted by atomic mass is 32.1. The molecule has 0 bridgehead atoms. The van der Waals surface area contributed by atoms with E-state index in [0.29, 0.717) is 26.2 Å². The molecule has 4 rings (SSSR count). The zero-order chi connectivity index (χ0) is 22.1. The molecular formula is C22H17N3O5S. The summed E-state index contributed by atoms with van der Waals surface area (Å²) in [6, 6.07) is 14.5. The van der Waals surface area contributed by atoms with Crippen LogP contribution in [-0.2, 0) is 9.53 Å². The number of allylic oxidation sites excluding steroid dienone is 1. The number of non-ortho nitro benzene ring substituents is 1. The maximum absolute atomic E-state index is 13.4. The SMILES string of the molecule is COC(=O)C1=C(C)N=c2s/c(=C\c3cccc([N+](=O)[O-])c3)c(=O)n2[C@H]1c1ccccc1. The second-order valence-electron chi connectivity index (χ2n) is 6.84. The molecular weight excluding hydrogens is 418 g/mol. The smallest absolute Gasteiger partial charge is 0.338 e. The van der Waals surface area contributed by atoms with Gasteiger partial charge in [0.1, 0.15) is 0 Å². The molecule has 1 atom stereocenters. The minimum Gasteiger partial charge on any atom is -0.466 e. The number of nitro benzene ring substituents is 1. The summed E-state index contributed by atoms with van der Waals surface area (Å²) in [6.45, 7) is 1.71. The Kier molecular flexibility index (Phi) is 5.35. The zero-order valence-corrected chi connectivity index (χ0v) is 17.5. The summed E-state index contributed by atoms with van der Waals surface area (Å²) in [6.07, 6.45) is 1.59. The molecule has 0 N–H and O–H groups in total. The van der Waals surface area contributed by atoms with Gasteiger partial charge in [-0.3, -0.25) is 19.5 Å². The first kappa shape index (κ1) is 20.4. The number of nitrogens with zero attached hydrogens (tertiary/aromatic N) is 3. The molecule has 1 aliphatic heterocycles. The summed E-state index contributed by atoms with van der Waals surface area (Å²) in [5.41, 5.74) is 1.65. The Hall–Kier alpha value is -3.85. The third-order valence-electron chi connectivity index (χ3n) is 4.92. The molecule has 9 heteroatoms. The second kappa shape index (κ2) is 8.11. The summed E-state index contributed by atoms with van der Waals surface area (Å²) < 4.78 is 6.80. The van der Waals surface area contributed by atoms with Crippen LogP contribution in [0.15, 0.2) is 75.7 Å². The van der Waals surface area contributed by atoms with Gasteiger partial charge in [0.2, 0.25) is 0 Å². The van der Waals surface area contributed by atoms with Crippen LogP contribution >= 0.6 is 11.3 Å². The Morgan fingerprint density at radius 3 is 2.65 bits per heavy atom. The summed E-state index contributed by atoms with van der Waals surface area (Å²) in [4.78, 5) is 41.4. The number of fused-ring (bicyclic) bond motifs is 1. The Bertz CT molecular complexity index is 1400. The van der Waals surface area contributed by atoms with E-state index in [2.05, 4.69) is 4.99 Å². The highest BCUT2D eigenvalue weighted by Crippen LogP contribution is 2.30. The lowest BCUT2D eigenvalue weighted by Crippen LogP contribution is -2.39. The molecule has 8 nitrogen and oxygen atoms in total. The molecule has 1 aliphatic rings. The first-order chi connectivity index (χ1) is 14.9. The summed E-state index contributed by atoms with van der Waals surface area (Å²) in [7, 11) is 1.29. The molecule has 0 unspecified atom stereocenters. The van der Waals surface area contributed by atoms with Gasteiger partial charge in [0.05, 0.1) is 33.9 Å². The maximum atomic E-state index is 13.4. The van der Waals surface area contributed by atoms with E-state index in [-0.39, 0.29) is 11.2 Å². The van der Waals surface area contributed by atoms with Crippen LogP contribution in [0.1, 0.15) is 24.1 Å². The van der Waals surface area contributed by atoms with Gasteiger partial charge in [-0.15, -0.1) is 0 Å². The molecule has 0 amide bonds. The minimum absolute atomic E-state index is 0.0625. The molecule has 0 radical (unpaired) electrons. The predicted molar refractivity (Wildman–Crippen MR) is 115 cm³/mol. The number of carbonyl (C=O) groups is 1. The molecule has 0 spiro atoms. The summed E-state index contributed by atoms with van der Waals surface area (Å²) >= 11 is 1.17. The predicted octanol–water partition coefficient (Wildman–Crippen LogP) is 2.32. The fourth-order valence-corrected chi connectivity index (χ4v) is 4.57. The third-order valence-corrected chi connectivity index (χ3v) is 5.90. The number of methoxy groups -OCH3 is 1. The minimum atomic E-state index is -0.683. The van der Waals surface area contributed by atoms with E-state index in [9.17, 15) is 19.7 Å². The van der Waals surface area contributed by atoms with Crippen molar-refractivity contribution >= 4 is 29.1 Å². The van der Waals surface area contributed by atoms with E-state index < -0.39 is 16.9 Å². The van der Waals surface area contributed by atoms with Gasteiger partial charge in [-0.05, 0) is 24.1 Å². The van der Waals surface area contributed by atoms with Gasteiger partial charge in [-0.1, -0.05) is 53.8 Å². The first-order valence-corrected chi connectivity index (χ1v) is 10.1. The van der Waals surface area contributed by atoms with Gasteiger partial charge in [-0.2, -0.15) is 0 Å². The number of rotatable bonds is 4. The molecule has 2 heterocycles. The average Bonchev–Trinajstić information content (AvgIpc) is 3.07. The van der Waals surface area contributed by atoms with Gasteiger partial charge in [-0.25, -0.2) is 9.79 Å². The van der Waals surface area contributed by atoms with Crippen molar-refractivity contribution in [2.24, 2.45) is 4.99 Å². The number of esters is 1. The molecule has 1 aromatic heterocycles. The average molecular weight is 435 g/mol. The standard InChI is InChI=1S/C22H17N3O5S/c1-13-18(21(27)30-2)19(15-8-4-3-5-9-15)24-20(26)17(31-22(24)23-13)12-14-7-6-10-16(11-14)25(28)29/h3-12,19H,1-2H3/b17-12-/t19-/m0/s1. The molecule has 156 valence electrons. The van der Waals surface area contributed by atoms with Crippen molar-refractivity contribution in [3.8, 4) is 0 Å². The lowest BCUT2D eigenvalue weighted by Gasteiger charge is -2.24. The van der Waals surface area contributed by atoms with Crippen LogP contribution in [0.25, 0.3) is 6.08 Å². The Morgan fingerprint density at radius 2 is 1.97 bits per heavy atom. The van der Waals surface area contributed by atoms with Gasteiger partial charge in [0, 0.05) is 12.1 Å². The quantitative estimate of drug-likeness (QED) is 0.355. The van der Waals surface area contributed by atoms with E-state index in [1.165, 1.54) is 35.1 Å². The number of carbonyl (C=O) groups excluding carboxylic acids is 1. The van der Waals surface area contributed by atoms with E-state index in [1.54, 1.807) is 25.1 Å². The third kappa shape index (κ3) is 3.71. The van der Waals surface area contributed by atoms with Crippen LogP contribution in [0.3, 0.4) is 0 Å². The van der Waals surface area contributed by atoms with Crippen molar-refractivity contribution in [1.82, 2.24) is 4.57 Å².